The van der Waals surface area contributed by atoms with E-state index in [9.17, 15) is 4.79 Å². The van der Waals surface area contributed by atoms with E-state index >= 15 is 0 Å². The Morgan fingerprint density at radius 3 is 2.57 bits per heavy atom. The lowest BCUT2D eigenvalue weighted by Crippen LogP contribution is -2.18. The van der Waals surface area contributed by atoms with E-state index in [0.29, 0.717) is 23.8 Å². The van der Waals surface area contributed by atoms with Crippen LogP contribution in [0.2, 0.25) is 0 Å². The van der Waals surface area contributed by atoms with Crippen LogP contribution in [0.3, 0.4) is 0 Å². The molecule has 8 heteroatoms. The highest BCUT2D eigenvalue weighted by Crippen LogP contribution is 2.39. The summed E-state index contributed by atoms with van der Waals surface area (Å²) in [5, 5.41) is 15.0. The molecule has 0 atom stereocenters. The van der Waals surface area contributed by atoms with Gasteiger partial charge in [0.1, 0.15) is 0 Å². The summed E-state index contributed by atoms with van der Waals surface area (Å²) in [6.07, 6.45) is 8.39. The summed E-state index contributed by atoms with van der Waals surface area (Å²) in [4.78, 5) is 12.2. The van der Waals surface area contributed by atoms with Gasteiger partial charge in [-0.2, -0.15) is 5.21 Å². The van der Waals surface area contributed by atoms with E-state index in [1.54, 1.807) is 7.11 Å². The van der Waals surface area contributed by atoms with Gasteiger partial charge in [-0.1, -0.05) is 57.6 Å². The topological polar surface area (TPSA) is 112 Å². The van der Waals surface area contributed by atoms with Crippen LogP contribution in [0.25, 0.3) is 22.3 Å². The number of methoxy groups -OCH3 is 1. The van der Waals surface area contributed by atoms with Crippen LogP contribution >= 0.6 is 0 Å². The van der Waals surface area contributed by atoms with E-state index in [1.165, 1.54) is 32.1 Å². The van der Waals surface area contributed by atoms with Crippen molar-refractivity contribution in [1.29, 1.82) is 0 Å². The summed E-state index contributed by atoms with van der Waals surface area (Å²) >= 11 is 0. The summed E-state index contributed by atoms with van der Waals surface area (Å²) in [5.74, 6) is 0.411. The Kier molecular flexibility index (Phi) is 6.62. The molecule has 0 saturated heterocycles. The minimum absolute atomic E-state index is 0.388. The van der Waals surface area contributed by atoms with Crippen molar-refractivity contribution >= 4 is 16.8 Å². The van der Waals surface area contributed by atoms with E-state index in [4.69, 9.17) is 10.5 Å². The van der Waals surface area contributed by atoms with Gasteiger partial charge in [-0.05, 0) is 17.7 Å². The third-order valence-corrected chi connectivity index (χ3v) is 5.05. The number of unbranched alkanes of at least 4 members (excludes halogenated alkanes) is 6. The summed E-state index contributed by atoms with van der Waals surface area (Å²) in [7, 11) is 1.55. The van der Waals surface area contributed by atoms with Gasteiger partial charge in [0.2, 0.25) is 5.82 Å². The minimum Gasteiger partial charge on any atom is -0.494 e. The molecule has 3 rings (SSSR count). The molecule has 1 aromatic carbocycles. The van der Waals surface area contributed by atoms with Gasteiger partial charge in [-0.15, -0.1) is 10.2 Å². The van der Waals surface area contributed by atoms with Gasteiger partial charge in [0.25, 0.3) is 5.91 Å². The summed E-state index contributed by atoms with van der Waals surface area (Å²) in [6.45, 7) is 2.93. The number of fused-ring (bicyclic) bond motifs is 1. The third-order valence-electron chi connectivity index (χ3n) is 5.05. The van der Waals surface area contributed by atoms with Gasteiger partial charge in [-0.3, -0.25) is 4.79 Å². The van der Waals surface area contributed by atoms with E-state index < -0.39 is 5.91 Å². The Morgan fingerprint density at radius 1 is 1.18 bits per heavy atom. The van der Waals surface area contributed by atoms with E-state index in [-0.39, 0.29) is 0 Å². The average molecular weight is 384 g/mol. The fraction of sp³-hybridized carbons (Fsp3) is 0.500. The highest BCUT2D eigenvalue weighted by atomic mass is 16.5. The Labute approximate surface area is 164 Å². The summed E-state index contributed by atoms with van der Waals surface area (Å²) < 4.78 is 7.57. The molecule has 2 heterocycles. The van der Waals surface area contributed by atoms with Gasteiger partial charge >= 0.3 is 0 Å². The molecular formula is C20H28N6O2. The Morgan fingerprint density at radius 2 is 1.93 bits per heavy atom. The first kappa shape index (κ1) is 19.9. The SMILES string of the molecule is CCCCCCCCCn1c(C(N)=O)c(OC)c2c(-c3nn[nH]n3)cccc21. The smallest absolute Gasteiger partial charge is 0.269 e. The number of amides is 1. The first-order chi connectivity index (χ1) is 13.7. The van der Waals surface area contributed by atoms with Crippen LogP contribution in [0.15, 0.2) is 18.2 Å². The molecule has 1 amide bonds. The number of rotatable bonds is 11. The second kappa shape index (κ2) is 9.34. The van der Waals surface area contributed by atoms with Gasteiger partial charge in [0.05, 0.1) is 18.0 Å². The van der Waals surface area contributed by atoms with E-state index in [2.05, 4.69) is 27.5 Å². The second-order valence-electron chi connectivity index (χ2n) is 6.95. The fourth-order valence-electron chi connectivity index (χ4n) is 3.73. The molecule has 0 aliphatic carbocycles. The van der Waals surface area contributed by atoms with Crippen LogP contribution in [-0.2, 0) is 6.54 Å². The van der Waals surface area contributed by atoms with Crippen LogP contribution in [0, 0.1) is 0 Å². The molecule has 0 spiro atoms. The Balaban J connectivity index is 1.92. The highest BCUT2D eigenvalue weighted by Gasteiger charge is 2.25. The predicted molar refractivity (Wildman–Crippen MR) is 108 cm³/mol. The van der Waals surface area contributed by atoms with Gasteiger partial charge < -0.3 is 15.0 Å². The normalized spacial score (nSPS) is 11.2. The number of carbonyl (C=O) groups is 1. The molecule has 0 radical (unpaired) electrons. The van der Waals surface area contributed by atoms with Crippen molar-refractivity contribution in [1.82, 2.24) is 25.2 Å². The first-order valence-electron chi connectivity index (χ1n) is 9.91. The average Bonchev–Trinajstić information content (AvgIpc) is 3.33. The minimum atomic E-state index is -0.505. The second-order valence-corrected chi connectivity index (χ2v) is 6.95. The molecular weight excluding hydrogens is 356 g/mol. The number of nitrogens with one attached hydrogen (secondary N) is 1. The van der Waals surface area contributed by atoms with Crippen LogP contribution in [0.1, 0.15) is 62.4 Å². The third kappa shape index (κ3) is 4.00. The zero-order valence-electron chi connectivity index (χ0n) is 16.6. The largest absolute Gasteiger partial charge is 0.494 e. The number of ether oxygens (including phenoxy) is 1. The molecule has 0 saturated carbocycles. The van der Waals surface area contributed by atoms with Gasteiger partial charge in [0, 0.05) is 12.1 Å². The van der Waals surface area contributed by atoms with Crippen molar-refractivity contribution in [2.75, 3.05) is 7.11 Å². The standard InChI is InChI=1S/C20H28N6O2/c1-3-4-5-6-7-8-9-13-26-15-12-10-11-14(20-22-24-25-23-20)16(15)18(28-2)17(26)19(21)27/h10-12H,3-9,13H2,1-2H3,(H2,21,27)(H,22,23,24,25). The molecule has 0 aliphatic heterocycles. The lowest BCUT2D eigenvalue weighted by molar-refractivity contribution is 0.0988. The van der Waals surface area contributed by atoms with Crippen molar-refractivity contribution in [3.05, 3.63) is 23.9 Å². The quantitative estimate of drug-likeness (QED) is 0.490. The molecule has 150 valence electrons. The maximum Gasteiger partial charge on any atom is 0.269 e. The maximum atomic E-state index is 12.2. The van der Waals surface area contributed by atoms with Crippen molar-refractivity contribution in [3.8, 4) is 17.1 Å². The molecule has 28 heavy (non-hydrogen) atoms. The number of tetrazole rings is 1. The van der Waals surface area contributed by atoms with Gasteiger partial charge in [0.15, 0.2) is 11.4 Å². The molecule has 3 N–H and O–H groups in total. The lowest BCUT2D eigenvalue weighted by Gasteiger charge is -2.09. The monoisotopic (exact) mass is 384 g/mol. The maximum absolute atomic E-state index is 12.2. The highest BCUT2D eigenvalue weighted by molar-refractivity contribution is 6.08. The number of hydrogen-bond acceptors (Lipinski definition) is 5. The number of aryl methyl sites for hydroxylation is 1. The molecule has 0 aliphatic rings. The molecule has 2 aromatic heterocycles. The van der Waals surface area contributed by atoms with Gasteiger partial charge in [-0.25, -0.2) is 0 Å². The number of nitrogens with two attached hydrogens (primary N) is 1. The van der Waals surface area contributed by atoms with Crippen LogP contribution in [-0.4, -0.2) is 38.2 Å². The summed E-state index contributed by atoms with van der Waals surface area (Å²) in [6, 6.07) is 5.77. The van der Waals surface area contributed by atoms with Crippen LogP contribution < -0.4 is 10.5 Å². The zero-order valence-corrected chi connectivity index (χ0v) is 16.6. The molecule has 0 unspecified atom stereocenters. The molecule has 3 aromatic rings. The van der Waals surface area contributed by atoms with Crippen LogP contribution in [0.5, 0.6) is 5.75 Å². The fourth-order valence-corrected chi connectivity index (χ4v) is 3.73. The van der Waals surface area contributed by atoms with Crippen molar-refractivity contribution < 1.29 is 9.53 Å². The number of hydrogen-bond donors (Lipinski definition) is 2. The Hall–Kier alpha value is -2.90. The number of primary amides is 1. The number of nitrogens with zero attached hydrogens (tertiary/aromatic N) is 4. The summed E-state index contributed by atoms with van der Waals surface area (Å²) in [5.41, 5.74) is 7.75. The van der Waals surface area contributed by atoms with Crippen molar-refractivity contribution in [2.24, 2.45) is 5.73 Å². The van der Waals surface area contributed by atoms with Crippen molar-refractivity contribution in [2.45, 2.75) is 58.4 Å². The van der Waals surface area contributed by atoms with Crippen molar-refractivity contribution in [3.63, 3.8) is 0 Å². The van der Waals surface area contributed by atoms with E-state index in [0.717, 1.165) is 29.3 Å². The number of H-pyrrole nitrogens is 1. The molecule has 0 bridgehead atoms. The zero-order chi connectivity index (χ0) is 19.9. The Bertz CT molecular complexity index is 917. The number of carbonyl (C=O) groups excluding carboxylic acids is 1. The number of aromatic nitrogens is 5. The van der Waals surface area contributed by atoms with Crippen LogP contribution in [0.4, 0.5) is 0 Å². The number of benzene rings is 1. The number of aromatic amines is 1. The molecule has 0 fully saturated rings. The molecule has 8 nitrogen and oxygen atoms in total. The lowest BCUT2D eigenvalue weighted by atomic mass is 10.1. The first-order valence-corrected chi connectivity index (χ1v) is 9.91. The predicted octanol–water partition coefficient (Wildman–Crippen LogP) is 3.68. The van der Waals surface area contributed by atoms with E-state index in [1.807, 2.05) is 22.8 Å².